The van der Waals surface area contributed by atoms with E-state index in [0.29, 0.717) is 19.1 Å². The van der Waals surface area contributed by atoms with E-state index in [9.17, 15) is 4.79 Å². The average molecular weight is 291 g/mol. The minimum Gasteiger partial charge on any atom is -0.497 e. The fraction of sp³-hybridized carbons (Fsp3) is 0.562. The highest BCUT2D eigenvalue weighted by molar-refractivity contribution is 5.78. The van der Waals surface area contributed by atoms with E-state index in [4.69, 9.17) is 4.74 Å². The molecule has 1 aromatic rings. The highest BCUT2D eigenvalue weighted by Crippen LogP contribution is 2.12. The van der Waals surface area contributed by atoms with E-state index >= 15 is 0 Å². The number of hydrogen-bond donors (Lipinski definition) is 2. The molecule has 0 aliphatic carbocycles. The van der Waals surface area contributed by atoms with Crippen molar-refractivity contribution >= 4 is 5.91 Å². The number of hydrogen-bond acceptors (Lipinski definition) is 4. The third kappa shape index (κ3) is 4.72. The summed E-state index contributed by atoms with van der Waals surface area (Å²) in [6, 6.07) is 8.27. The van der Waals surface area contributed by atoms with Gasteiger partial charge >= 0.3 is 0 Å². The summed E-state index contributed by atoms with van der Waals surface area (Å²) in [5.41, 5.74) is 1.05. The SMILES string of the molecule is CCCN(CC(=O)NCc1cccc(OC)c1)C1CNC1. The summed E-state index contributed by atoms with van der Waals surface area (Å²) in [6.07, 6.45) is 1.07. The Morgan fingerprint density at radius 3 is 2.90 bits per heavy atom. The fourth-order valence-electron chi connectivity index (χ4n) is 2.43. The van der Waals surface area contributed by atoms with E-state index in [1.54, 1.807) is 7.11 Å². The Morgan fingerprint density at radius 1 is 1.48 bits per heavy atom. The molecule has 5 heteroatoms. The van der Waals surface area contributed by atoms with E-state index in [1.807, 2.05) is 24.3 Å². The van der Waals surface area contributed by atoms with Crippen molar-refractivity contribution in [3.63, 3.8) is 0 Å². The zero-order valence-corrected chi connectivity index (χ0v) is 12.9. The number of benzene rings is 1. The molecule has 1 aliphatic rings. The van der Waals surface area contributed by atoms with Crippen LogP contribution in [-0.2, 0) is 11.3 Å². The molecule has 0 atom stereocenters. The first-order valence-corrected chi connectivity index (χ1v) is 7.57. The molecule has 0 unspecified atom stereocenters. The summed E-state index contributed by atoms with van der Waals surface area (Å²) in [5.74, 6) is 0.896. The van der Waals surface area contributed by atoms with Crippen LogP contribution in [0.2, 0.25) is 0 Å². The van der Waals surface area contributed by atoms with E-state index in [1.165, 1.54) is 0 Å². The van der Waals surface area contributed by atoms with Gasteiger partial charge in [0, 0.05) is 25.7 Å². The molecule has 1 amide bonds. The first-order valence-electron chi connectivity index (χ1n) is 7.57. The molecule has 0 saturated carbocycles. The number of amides is 1. The van der Waals surface area contributed by atoms with Gasteiger partial charge in [0.1, 0.15) is 5.75 Å². The summed E-state index contributed by atoms with van der Waals surface area (Å²) in [4.78, 5) is 14.4. The standard InChI is InChI=1S/C16H25N3O2/c1-3-7-19(14-10-17-11-14)12-16(20)18-9-13-5-4-6-15(8-13)21-2/h4-6,8,14,17H,3,7,9-12H2,1-2H3,(H,18,20). The van der Waals surface area contributed by atoms with Crippen LogP contribution >= 0.6 is 0 Å². The Morgan fingerprint density at radius 2 is 2.29 bits per heavy atom. The number of methoxy groups -OCH3 is 1. The molecule has 1 heterocycles. The average Bonchev–Trinajstić information content (AvgIpc) is 2.44. The minimum absolute atomic E-state index is 0.0816. The first kappa shape index (κ1) is 15.8. The van der Waals surface area contributed by atoms with E-state index in [2.05, 4.69) is 22.5 Å². The Bertz CT molecular complexity index is 461. The van der Waals surface area contributed by atoms with E-state index in [0.717, 1.165) is 37.4 Å². The molecule has 5 nitrogen and oxygen atoms in total. The normalized spacial score (nSPS) is 14.8. The molecule has 2 N–H and O–H groups in total. The van der Waals surface area contributed by atoms with Gasteiger partial charge in [0.15, 0.2) is 0 Å². The molecule has 1 aromatic carbocycles. The molecule has 21 heavy (non-hydrogen) atoms. The topological polar surface area (TPSA) is 53.6 Å². The molecule has 116 valence electrons. The molecule has 0 radical (unpaired) electrons. The third-order valence-corrected chi connectivity index (χ3v) is 3.76. The molecular weight excluding hydrogens is 266 g/mol. The van der Waals surface area contributed by atoms with Crippen LogP contribution < -0.4 is 15.4 Å². The van der Waals surface area contributed by atoms with Crippen LogP contribution in [0.4, 0.5) is 0 Å². The van der Waals surface area contributed by atoms with Crippen molar-refractivity contribution in [2.24, 2.45) is 0 Å². The van der Waals surface area contributed by atoms with E-state index < -0.39 is 0 Å². The number of nitrogens with zero attached hydrogens (tertiary/aromatic N) is 1. The van der Waals surface area contributed by atoms with Crippen LogP contribution in [0.15, 0.2) is 24.3 Å². The maximum atomic E-state index is 12.1. The predicted molar refractivity (Wildman–Crippen MR) is 83.4 cm³/mol. The van der Waals surface area contributed by atoms with Crippen molar-refractivity contribution in [1.29, 1.82) is 0 Å². The highest BCUT2D eigenvalue weighted by Gasteiger charge is 2.25. The van der Waals surface area contributed by atoms with Crippen LogP contribution in [-0.4, -0.2) is 50.1 Å². The second kappa shape index (κ2) is 8.00. The molecule has 0 bridgehead atoms. The Kier molecular flexibility index (Phi) is 6.02. The van der Waals surface area contributed by atoms with Gasteiger partial charge in [-0.15, -0.1) is 0 Å². The third-order valence-electron chi connectivity index (χ3n) is 3.76. The van der Waals surface area contributed by atoms with Crippen molar-refractivity contribution in [2.75, 3.05) is 33.3 Å². The first-order chi connectivity index (χ1) is 10.2. The van der Waals surface area contributed by atoms with Gasteiger partial charge in [0.05, 0.1) is 13.7 Å². The van der Waals surface area contributed by atoms with Gasteiger partial charge in [-0.05, 0) is 30.7 Å². The van der Waals surface area contributed by atoms with E-state index in [-0.39, 0.29) is 5.91 Å². The van der Waals surface area contributed by atoms with Crippen LogP contribution in [0.1, 0.15) is 18.9 Å². The second-order valence-electron chi connectivity index (χ2n) is 5.41. The van der Waals surface area contributed by atoms with Crippen molar-refractivity contribution < 1.29 is 9.53 Å². The maximum absolute atomic E-state index is 12.1. The van der Waals surface area contributed by atoms with Gasteiger partial charge in [-0.25, -0.2) is 0 Å². The zero-order chi connectivity index (χ0) is 15.1. The van der Waals surface area contributed by atoms with Crippen molar-refractivity contribution in [1.82, 2.24) is 15.5 Å². The summed E-state index contributed by atoms with van der Waals surface area (Å²) in [6.45, 7) is 6.11. The number of carbonyl (C=O) groups is 1. The van der Waals surface area contributed by atoms with Gasteiger partial charge in [-0.3, -0.25) is 9.69 Å². The lowest BCUT2D eigenvalue weighted by atomic mass is 10.1. The largest absolute Gasteiger partial charge is 0.497 e. The van der Waals surface area contributed by atoms with Crippen molar-refractivity contribution in [2.45, 2.75) is 25.9 Å². The number of rotatable bonds is 8. The predicted octanol–water partition coefficient (Wildman–Crippen LogP) is 0.995. The van der Waals surface area contributed by atoms with Gasteiger partial charge in [0.2, 0.25) is 5.91 Å². The number of carbonyl (C=O) groups excluding carboxylic acids is 1. The molecule has 1 saturated heterocycles. The van der Waals surface area contributed by atoms with Crippen LogP contribution in [0.25, 0.3) is 0 Å². The quantitative estimate of drug-likeness (QED) is 0.750. The summed E-state index contributed by atoms with van der Waals surface area (Å²) >= 11 is 0. The van der Waals surface area contributed by atoms with Crippen LogP contribution in [0, 0.1) is 0 Å². The van der Waals surface area contributed by atoms with Crippen LogP contribution in [0.5, 0.6) is 5.75 Å². The lowest BCUT2D eigenvalue weighted by Crippen LogP contribution is -2.59. The lowest BCUT2D eigenvalue weighted by Gasteiger charge is -2.37. The molecule has 0 spiro atoms. The van der Waals surface area contributed by atoms with Crippen molar-refractivity contribution in [3.05, 3.63) is 29.8 Å². The van der Waals surface area contributed by atoms with Crippen molar-refractivity contribution in [3.8, 4) is 5.75 Å². The molecule has 1 fully saturated rings. The lowest BCUT2D eigenvalue weighted by molar-refractivity contribution is -0.123. The maximum Gasteiger partial charge on any atom is 0.234 e. The second-order valence-corrected chi connectivity index (χ2v) is 5.41. The smallest absolute Gasteiger partial charge is 0.234 e. The zero-order valence-electron chi connectivity index (χ0n) is 12.9. The van der Waals surface area contributed by atoms with Gasteiger partial charge in [-0.2, -0.15) is 0 Å². The molecule has 1 aliphatic heterocycles. The van der Waals surface area contributed by atoms with Gasteiger partial charge in [-0.1, -0.05) is 19.1 Å². The summed E-state index contributed by atoms with van der Waals surface area (Å²) in [7, 11) is 1.65. The number of ether oxygens (including phenoxy) is 1. The Balaban J connectivity index is 1.80. The van der Waals surface area contributed by atoms with Gasteiger partial charge in [0.25, 0.3) is 0 Å². The molecular formula is C16H25N3O2. The fourth-order valence-corrected chi connectivity index (χ4v) is 2.43. The van der Waals surface area contributed by atoms with Crippen LogP contribution in [0.3, 0.4) is 0 Å². The summed E-state index contributed by atoms with van der Waals surface area (Å²) in [5, 5.41) is 6.24. The van der Waals surface area contributed by atoms with Gasteiger partial charge < -0.3 is 15.4 Å². The summed E-state index contributed by atoms with van der Waals surface area (Å²) < 4.78 is 5.18. The monoisotopic (exact) mass is 291 g/mol. The molecule has 0 aromatic heterocycles. The highest BCUT2D eigenvalue weighted by atomic mass is 16.5. The minimum atomic E-state index is 0.0816. The molecule has 2 rings (SSSR count). The Hall–Kier alpha value is -1.59. The number of nitrogens with one attached hydrogen (secondary N) is 2. The Labute approximate surface area is 126 Å².